The van der Waals surface area contributed by atoms with Crippen LogP contribution in [0.4, 0.5) is 4.39 Å². The second-order valence-corrected chi connectivity index (χ2v) is 5.75. The van der Waals surface area contributed by atoms with Crippen molar-refractivity contribution in [3.63, 3.8) is 0 Å². The van der Waals surface area contributed by atoms with Crippen molar-refractivity contribution in [3.8, 4) is 0 Å². The van der Waals surface area contributed by atoms with Crippen LogP contribution in [-0.4, -0.2) is 43.8 Å². The lowest BCUT2D eigenvalue weighted by molar-refractivity contribution is -0.0469. The molecule has 2 unspecified atom stereocenters. The highest BCUT2D eigenvalue weighted by Gasteiger charge is 2.29. The molecular weight excluding hydrogens is 267 g/mol. The van der Waals surface area contributed by atoms with Crippen LogP contribution in [0.25, 0.3) is 0 Å². The zero-order valence-electron chi connectivity index (χ0n) is 13.4. The molecule has 2 rings (SSSR count). The molecule has 1 N–H and O–H groups in total. The van der Waals surface area contributed by atoms with Crippen molar-refractivity contribution < 1.29 is 9.13 Å². The van der Waals surface area contributed by atoms with Gasteiger partial charge in [0, 0.05) is 13.1 Å². The Morgan fingerprint density at radius 3 is 2.95 bits per heavy atom. The van der Waals surface area contributed by atoms with Crippen molar-refractivity contribution >= 4 is 0 Å². The number of nitrogens with zero attached hydrogens (tertiary/aromatic N) is 1. The van der Waals surface area contributed by atoms with E-state index in [4.69, 9.17) is 4.74 Å². The van der Waals surface area contributed by atoms with Crippen LogP contribution >= 0.6 is 0 Å². The number of morpholine rings is 1. The van der Waals surface area contributed by atoms with Gasteiger partial charge in [0.1, 0.15) is 5.82 Å². The number of aryl methyl sites for hydroxylation is 1. The van der Waals surface area contributed by atoms with Crippen molar-refractivity contribution in [2.75, 3.05) is 32.8 Å². The van der Waals surface area contributed by atoms with Crippen LogP contribution in [0.5, 0.6) is 0 Å². The zero-order valence-corrected chi connectivity index (χ0v) is 13.4. The molecule has 0 radical (unpaired) electrons. The van der Waals surface area contributed by atoms with Gasteiger partial charge in [-0.25, -0.2) is 4.39 Å². The third-order valence-corrected chi connectivity index (χ3v) is 4.09. The van der Waals surface area contributed by atoms with Crippen LogP contribution in [-0.2, 0) is 4.74 Å². The Morgan fingerprint density at radius 1 is 1.43 bits per heavy atom. The van der Waals surface area contributed by atoms with Crippen molar-refractivity contribution in [2.45, 2.75) is 39.3 Å². The van der Waals surface area contributed by atoms with E-state index in [2.05, 4.69) is 24.1 Å². The van der Waals surface area contributed by atoms with E-state index in [1.807, 2.05) is 13.0 Å². The van der Waals surface area contributed by atoms with Crippen LogP contribution in [0.2, 0.25) is 0 Å². The van der Waals surface area contributed by atoms with E-state index in [0.717, 1.165) is 50.3 Å². The Hall–Kier alpha value is -0.970. The molecule has 118 valence electrons. The van der Waals surface area contributed by atoms with Crippen molar-refractivity contribution in [2.24, 2.45) is 0 Å². The van der Waals surface area contributed by atoms with E-state index < -0.39 is 0 Å². The van der Waals surface area contributed by atoms with E-state index >= 15 is 0 Å². The van der Waals surface area contributed by atoms with Crippen LogP contribution in [0.15, 0.2) is 18.2 Å². The molecule has 1 aromatic carbocycles. The summed E-state index contributed by atoms with van der Waals surface area (Å²) < 4.78 is 19.6. The average molecular weight is 294 g/mol. The van der Waals surface area contributed by atoms with Crippen LogP contribution in [0.1, 0.15) is 37.4 Å². The highest BCUT2D eigenvalue weighted by molar-refractivity contribution is 5.30. The van der Waals surface area contributed by atoms with Crippen LogP contribution in [0.3, 0.4) is 0 Å². The molecule has 1 heterocycles. The van der Waals surface area contributed by atoms with Gasteiger partial charge in [0.25, 0.3) is 0 Å². The average Bonchev–Trinajstić information content (AvgIpc) is 2.48. The summed E-state index contributed by atoms with van der Waals surface area (Å²) >= 11 is 0. The molecule has 0 bridgehead atoms. The molecule has 0 aliphatic carbocycles. The Morgan fingerprint density at radius 2 is 2.24 bits per heavy atom. The first-order valence-corrected chi connectivity index (χ1v) is 7.99. The fourth-order valence-electron chi connectivity index (χ4n) is 3.06. The van der Waals surface area contributed by atoms with Gasteiger partial charge in [-0.15, -0.1) is 0 Å². The first kappa shape index (κ1) is 16.4. The lowest BCUT2D eigenvalue weighted by atomic mass is 9.95. The monoisotopic (exact) mass is 294 g/mol. The first-order valence-electron chi connectivity index (χ1n) is 7.99. The van der Waals surface area contributed by atoms with Gasteiger partial charge in [0.2, 0.25) is 0 Å². The molecule has 21 heavy (non-hydrogen) atoms. The number of nitrogens with one attached hydrogen (secondary N) is 1. The standard InChI is InChI=1S/C17H27FN2O/c1-4-8-20-9-10-21-16(12-20)17(19-5-2)15-11-14(18)7-6-13(15)3/h6-7,11,16-17,19H,4-5,8-10,12H2,1-3H3. The number of ether oxygens (including phenoxy) is 1. The van der Waals surface area contributed by atoms with Crippen LogP contribution < -0.4 is 5.32 Å². The number of hydrogen-bond donors (Lipinski definition) is 1. The smallest absolute Gasteiger partial charge is 0.123 e. The lowest BCUT2D eigenvalue weighted by Crippen LogP contribution is -2.48. The highest BCUT2D eigenvalue weighted by Crippen LogP contribution is 2.26. The Balaban J connectivity index is 2.19. The molecule has 1 aliphatic heterocycles. The summed E-state index contributed by atoms with van der Waals surface area (Å²) in [5, 5.41) is 3.48. The molecule has 1 aliphatic rings. The summed E-state index contributed by atoms with van der Waals surface area (Å²) in [5.41, 5.74) is 2.12. The molecule has 1 fully saturated rings. The van der Waals surface area contributed by atoms with Crippen molar-refractivity contribution in [3.05, 3.63) is 35.1 Å². The summed E-state index contributed by atoms with van der Waals surface area (Å²) in [4.78, 5) is 2.44. The largest absolute Gasteiger partial charge is 0.374 e. The molecule has 0 spiro atoms. The second kappa shape index (κ2) is 7.87. The van der Waals surface area contributed by atoms with E-state index in [9.17, 15) is 4.39 Å². The van der Waals surface area contributed by atoms with E-state index in [0.29, 0.717) is 0 Å². The van der Waals surface area contributed by atoms with Gasteiger partial charge in [-0.2, -0.15) is 0 Å². The molecule has 1 aromatic rings. The van der Waals surface area contributed by atoms with Gasteiger partial charge in [0.15, 0.2) is 0 Å². The molecule has 2 atom stereocenters. The summed E-state index contributed by atoms with van der Waals surface area (Å²) in [6.07, 6.45) is 1.23. The van der Waals surface area contributed by atoms with E-state index in [1.54, 1.807) is 6.07 Å². The molecule has 0 amide bonds. The van der Waals surface area contributed by atoms with Crippen molar-refractivity contribution in [1.29, 1.82) is 0 Å². The van der Waals surface area contributed by atoms with Gasteiger partial charge in [-0.05, 0) is 49.7 Å². The van der Waals surface area contributed by atoms with Gasteiger partial charge < -0.3 is 10.1 Å². The fourth-order valence-corrected chi connectivity index (χ4v) is 3.06. The SMILES string of the molecule is CCCN1CCOC(C(NCC)c2cc(F)ccc2C)C1. The maximum absolute atomic E-state index is 13.6. The number of benzene rings is 1. The molecule has 0 aromatic heterocycles. The number of halogens is 1. The molecule has 4 heteroatoms. The van der Waals surface area contributed by atoms with Gasteiger partial charge in [-0.3, -0.25) is 4.90 Å². The van der Waals surface area contributed by atoms with E-state index in [-0.39, 0.29) is 18.0 Å². The molecule has 1 saturated heterocycles. The maximum atomic E-state index is 13.6. The number of likely N-dealkylation sites (N-methyl/N-ethyl adjacent to an activating group) is 1. The normalized spacial score (nSPS) is 21.4. The fraction of sp³-hybridized carbons (Fsp3) is 0.647. The molecular formula is C17H27FN2O. The summed E-state index contributed by atoms with van der Waals surface area (Å²) in [7, 11) is 0. The Kier molecular flexibility index (Phi) is 6.15. The van der Waals surface area contributed by atoms with Gasteiger partial charge in [-0.1, -0.05) is 19.9 Å². The zero-order chi connectivity index (χ0) is 15.2. The minimum Gasteiger partial charge on any atom is -0.374 e. The lowest BCUT2D eigenvalue weighted by Gasteiger charge is -2.37. The number of rotatable bonds is 6. The third kappa shape index (κ3) is 4.25. The second-order valence-electron chi connectivity index (χ2n) is 5.75. The van der Waals surface area contributed by atoms with Crippen LogP contribution in [0, 0.1) is 12.7 Å². The molecule has 0 saturated carbocycles. The van der Waals surface area contributed by atoms with Gasteiger partial charge in [0.05, 0.1) is 18.8 Å². The highest BCUT2D eigenvalue weighted by atomic mass is 19.1. The topological polar surface area (TPSA) is 24.5 Å². The minimum atomic E-state index is -0.181. The van der Waals surface area contributed by atoms with E-state index in [1.165, 1.54) is 6.07 Å². The first-order chi connectivity index (χ1) is 10.2. The Labute approximate surface area is 127 Å². The summed E-state index contributed by atoms with van der Waals surface area (Å²) in [6.45, 7) is 10.9. The van der Waals surface area contributed by atoms with Crippen molar-refractivity contribution in [1.82, 2.24) is 10.2 Å². The quantitative estimate of drug-likeness (QED) is 0.873. The maximum Gasteiger partial charge on any atom is 0.123 e. The molecule has 3 nitrogen and oxygen atoms in total. The third-order valence-electron chi connectivity index (χ3n) is 4.09. The minimum absolute atomic E-state index is 0.0466. The predicted octanol–water partition coefficient (Wildman–Crippen LogP) is 2.90. The summed E-state index contributed by atoms with van der Waals surface area (Å²) in [6, 6.07) is 5.06. The Bertz CT molecular complexity index is 450. The predicted molar refractivity (Wildman–Crippen MR) is 84.0 cm³/mol. The van der Waals surface area contributed by atoms with Gasteiger partial charge >= 0.3 is 0 Å². The number of hydrogen-bond acceptors (Lipinski definition) is 3. The summed E-state index contributed by atoms with van der Waals surface area (Å²) in [5.74, 6) is -0.181.